The third-order valence-corrected chi connectivity index (χ3v) is 21.9. The van der Waals surface area contributed by atoms with Crippen LogP contribution >= 0.6 is 43.2 Å². The molecule has 7 N–H and O–H groups in total. The summed E-state index contributed by atoms with van der Waals surface area (Å²) in [4.78, 5) is 15.4. The third-order valence-electron chi connectivity index (χ3n) is 16.3. The van der Waals surface area contributed by atoms with E-state index in [2.05, 4.69) is 85.9 Å². The van der Waals surface area contributed by atoms with Crippen LogP contribution in [0.2, 0.25) is 0 Å². The van der Waals surface area contributed by atoms with Crippen LogP contribution in [0.3, 0.4) is 0 Å². The predicted octanol–water partition coefficient (Wildman–Crippen LogP) is 12.5. The molecule has 12 rings (SSSR count). The molecule has 6 aromatic carbocycles. The first-order valence-electron chi connectivity index (χ1n) is 26.5. The van der Waals surface area contributed by atoms with Crippen LogP contribution in [0.4, 0.5) is 0 Å². The van der Waals surface area contributed by atoms with E-state index >= 15 is 4.79 Å². The van der Waals surface area contributed by atoms with Gasteiger partial charge < -0.3 is 45.1 Å². The van der Waals surface area contributed by atoms with Crippen LogP contribution in [-0.2, 0) is 31.4 Å². The number of aromatic hydroxyl groups is 3. The molecule has 0 radical (unpaired) electrons. The Labute approximate surface area is 452 Å². The highest BCUT2D eigenvalue weighted by molar-refractivity contribution is 8.77. The Morgan fingerprint density at radius 1 is 0.840 bits per heavy atom. The molecule has 5 heterocycles. The van der Waals surface area contributed by atoms with E-state index in [0.717, 1.165) is 63.7 Å². The maximum absolute atomic E-state index is 15.4. The van der Waals surface area contributed by atoms with Crippen molar-refractivity contribution in [2.75, 3.05) is 18.9 Å². The molecule has 14 heteroatoms. The van der Waals surface area contributed by atoms with E-state index in [-0.39, 0.29) is 75.0 Å². The lowest BCUT2D eigenvalue weighted by Gasteiger charge is -2.41. The van der Waals surface area contributed by atoms with Crippen LogP contribution in [0.5, 0.6) is 23.0 Å². The fourth-order valence-corrected chi connectivity index (χ4v) is 18.7. The van der Waals surface area contributed by atoms with E-state index in [0.29, 0.717) is 72.4 Å². The van der Waals surface area contributed by atoms with Crippen molar-refractivity contribution < 1.29 is 39.8 Å². The van der Waals surface area contributed by atoms with Gasteiger partial charge in [0.25, 0.3) is 0 Å². The number of phenols is 2. The summed E-state index contributed by atoms with van der Waals surface area (Å²) in [5.74, 6) is 0.542. The Hall–Kier alpha value is -4.77. The fourth-order valence-electron chi connectivity index (χ4n) is 12.8. The molecule has 1 aliphatic carbocycles. The molecule has 0 unspecified atom stereocenters. The van der Waals surface area contributed by atoms with Gasteiger partial charge in [-0.25, -0.2) is 0 Å². The van der Waals surface area contributed by atoms with Crippen LogP contribution in [0.25, 0.3) is 44.2 Å². The first-order chi connectivity index (χ1) is 36.4. The van der Waals surface area contributed by atoms with Gasteiger partial charge in [-0.2, -0.15) is 0 Å². The molecular formula is C61H63NO9S4. The molecule has 0 saturated carbocycles. The Morgan fingerprint density at radius 3 is 2.49 bits per heavy atom. The zero-order chi connectivity index (χ0) is 51.6. The zero-order valence-corrected chi connectivity index (χ0v) is 45.4. The smallest absolute Gasteiger partial charge is 0.238 e. The van der Waals surface area contributed by atoms with Crippen molar-refractivity contribution in [2.45, 2.75) is 118 Å². The SMILES string of the molecule is CC(C)Cc1cc(-c2oc3cc(O)c4c(c3c(=O)c2O)O[C@@H]2C[C@H]3c5c-4cc(CCCO)c4cccc(c54)[C@@H](SSCCC[C@H]2O)[C@H]3O)c2c(c1O)Cc1cccc(c1)[C@H]1NC[C@H](Cc3ccccc3)C[C@@H]1SSC2. The average molecular weight is 1080 g/mol. The van der Waals surface area contributed by atoms with E-state index < -0.39 is 35.4 Å². The number of aliphatic hydroxyl groups is 3. The second-order valence-electron chi connectivity index (χ2n) is 21.7. The summed E-state index contributed by atoms with van der Waals surface area (Å²) in [6.45, 7) is 5.06. The van der Waals surface area contributed by atoms with Gasteiger partial charge in [-0.15, -0.1) is 0 Å². The molecular weight excluding hydrogens is 1020 g/mol. The lowest BCUT2D eigenvalue weighted by atomic mass is 9.71. The number of aryl methyl sites for hydroxylation is 1. The molecule has 10 nitrogen and oxygen atoms in total. The van der Waals surface area contributed by atoms with Gasteiger partial charge in [0.15, 0.2) is 5.76 Å². The minimum Gasteiger partial charge on any atom is -0.507 e. The number of hydrogen-bond donors (Lipinski definition) is 7. The number of piperidine rings is 1. The molecule has 5 bridgehead atoms. The molecule has 1 aromatic heterocycles. The number of hydrogen-bond acceptors (Lipinski definition) is 14. The molecule has 75 heavy (non-hydrogen) atoms. The molecule has 0 spiro atoms. The normalized spacial score (nSPS) is 24.3. The maximum Gasteiger partial charge on any atom is 0.238 e. The van der Waals surface area contributed by atoms with Gasteiger partial charge in [-0.05, 0) is 143 Å². The lowest BCUT2D eigenvalue weighted by Crippen LogP contribution is -2.41. The van der Waals surface area contributed by atoms with E-state index in [4.69, 9.17) is 9.15 Å². The van der Waals surface area contributed by atoms with Gasteiger partial charge >= 0.3 is 0 Å². The summed E-state index contributed by atoms with van der Waals surface area (Å²) in [6, 6.07) is 30.9. The average Bonchev–Trinajstić information content (AvgIpc) is 3.48. The van der Waals surface area contributed by atoms with Crippen LogP contribution < -0.4 is 15.5 Å². The molecule has 4 aliphatic heterocycles. The number of ether oxygens (including phenoxy) is 1. The van der Waals surface area contributed by atoms with Gasteiger partial charge in [0.1, 0.15) is 34.3 Å². The molecule has 2 saturated heterocycles. The largest absolute Gasteiger partial charge is 0.507 e. The fraction of sp³-hybridized carbons (Fsp3) is 0.393. The standard InChI is InChI=1S/C61H63NO9S4/c1-31(2)20-37-26-41(44-30-73-74-49-24-34(21-32-10-4-3-5-11-32)29-62-54(49)36-13-6-12-33(22-36)23-40(44)55(37)66)59-58(69)57(68)53-48(71-59)28-46(65)52-42-25-35(14-8-18-63)38-15-7-16-39-50(38)51(42)43-27-47(70-60(52)53)45(64)17-9-19-72-75-61(39)56(43)67/h3-7,10-13,15-16,22,25-26,28,31,34,43,45,47,49,54,56,61-67,69H,8-9,14,17-21,23-24,27,29-30H2,1-2H3/t34-,43+,45-,47-,49+,54-,56+,61-/m1/s1. The summed E-state index contributed by atoms with van der Waals surface area (Å²) in [6.07, 6.45) is 2.52. The molecule has 390 valence electrons. The van der Waals surface area contributed by atoms with Crippen molar-refractivity contribution in [3.05, 3.63) is 151 Å². The van der Waals surface area contributed by atoms with Crippen molar-refractivity contribution in [1.29, 1.82) is 0 Å². The first kappa shape index (κ1) is 51.0. The van der Waals surface area contributed by atoms with Crippen LogP contribution in [0, 0.1) is 11.8 Å². The number of nitrogens with one attached hydrogen (secondary N) is 1. The van der Waals surface area contributed by atoms with Gasteiger partial charge in [0.2, 0.25) is 11.2 Å². The maximum atomic E-state index is 15.4. The van der Waals surface area contributed by atoms with Crippen LogP contribution in [0.1, 0.15) is 113 Å². The number of fused-ring (bicyclic) bond motifs is 12. The monoisotopic (exact) mass is 1080 g/mol. The summed E-state index contributed by atoms with van der Waals surface area (Å²) in [5.41, 5.74) is 8.96. The third kappa shape index (κ3) is 9.42. The highest BCUT2D eigenvalue weighted by atomic mass is 33.1. The van der Waals surface area contributed by atoms with Crippen molar-refractivity contribution >= 4 is 64.9 Å². The molecule has 5 aliphatic rings. The quantitative estimate of drug-likeness (QED) is 0.0717. The number of benzene rings is 6. The number of aliphatic hydroxyl groups excluding tert-OH is 3. The number of rotatable bonds is 8. The predicted molar refractivity (Wildman–Crippen MR) is 307 cm³/mol. The summed E-state index contributed by atoms with van der Waals surface area (Å²) in [7, 11) is 6.87. The minimum atomic E-state index is -0.985. The zero-order valence-electron chi connectivity index (χ0n) is 42.1. The van der Waals surface area contributed by atoms with E-state index in [1.807, 2.05) is 29.0 Å². The van der Waals surface area contributed by atoms with Gasteiger partial charge in [-0.3, -0.25) is 4.79 Å². The van der Waals surface area contributed by atoms with Gasteiger partial charge in [-0.1, -0.05) is 130 Å². The van der Waals surface area contributed by atoms with Gasteiger partial charge in [0, 0.05) is 58.9 Å². The summed E-state index contributed by atoms with van der Waals surface area (Å²) in [5, 5.41) is 77.9. The van der Waals surface area contributed by atoms with Gasteiger partial charge in [0.05, 0.1) is 23.0 Å². The topological polar surface area (TPSA) is 173 Å². The molecule has 7 aromatic rings. The van der Waals surface area contributed by atoms with E-state index in [1.54, 1.807) is 32.4 Å². The molecule has 2 fully saturated rings. The highest BCUT2D eigenvalue weighted by Crippen LogP contribution is 2.59. The lowest BCUT2D eigenvalue weighted by molar-refractivity contribution is 0.00975. The number of phenolic OH excluding ortho intramolecular Hbond substituents is 2. The second kappa shape index (κ2) is 21.2. The second-order valence-corrected chi connectivity index (χ2v) is 26.9. The van der Waals surface area contributed by atoms with Crippen LogP contribution in [0.15, 0.2) is 100 Å². The molecule has 8 atom stereocenters. The van der Waals surface area contributed by atoms with Crippen molar-refractivity contribution in [1.82, 2.24) is 5.32 Å². The van der Waals surface area contributed by atoms with Crippen LogP contribution in [-0.4, -0.2) is 73.1 Å². The summed E-state index contributed by atoms with van der Waals surface area (Å²) < 4.78 is 13.8. The summed E-state index contributed by atoms with van der Waals surface area (Å²) >= 11 is 0. The first-order valence-corrected chi connectivity index (χ1v) is 31.3. The minimum absolute atomic E-state index is 0.00177. The van der Waals surface area contributed by atoms with E-state index in [9.17, 15) is 30.6 Å². The van der Waals surface area contributed by atoms with E-state index in [1.165, 1.54) is 17.2 Å². The Kier molecular flexibility index (Phi) is 14.4. The van der Waals surface area contributed by atoms with Crippen molar-refractivity contribution in [3.63, 3.8) is 0 Å². The highest BCUT2D eigenvalue weighted by Gasteiger charge is 2.45. The Balaban J connectivity index is 1.04. The Bertz CT molecular complexity index is 3380. The Morgan fingerprint density at radius 2 is 1.67 bits per heavy atom. The molecule has 0 amide bonds. The van der Waals surface area contributed by atoms with Crippen molar-refractivity contribution in [3.8, 4) is 45.4 Å². The van der Waals surface area contributed by atoms with Crippen molar-refractivity contribution in [2.24, 2.45) is 11.8 Å².